The highest BCUT2D eigenvalue weighted by molar-refractivity contribution is 6.17. The quantitative estimate of drug-likeness (QED) is 0.659. The van der Waals surface area contributed by atoms with Crippen LogP contribution in [0.2, 0.25) is 0 Å². The van der Waals surface area contributed by atoms with Gasteiger partial charge in [-0.3, -0.25) is 9.59 Å². The first kappa shape index (κ1) is 18.1. The van der Waals surface area contributed by atoms with Gasteiger partial charge in [0, 0.05) is 6.54 Å². The molecule has 2 aromatic carbocycles. The summed E-state index contributed by atoms with van der Waals surface area (Å²) in [6.07, 6.45) is 1.38. The molecule has 0 aromatic heterocycles. The number of carbonyl (C=O) groups is 2. The van der Waals surface area contributed by atoms with Crippen LogP contribution in [0.1, 0.15) is 12.5 Å². The zero-order chi connectivity index (χ0) is 19.2. The average molecular weight is 358 g/mol. The summed E-state index contributed by atoms with van der Waals surface area (Å²) >= 11 is 0. The van der Waals surface area contributed by atoms with E-state index in [1.54, 1.807) is 19.1 Å². The molecule has 2 amide bonds. The van der Waals surface area contributed by atoms with Crippen LogP contribution >= 0.6 is 0 Å². The van der Waals surface area contributed by atoms with E-state index in [4.69, 9.17) is 0 Å². The van der Waals surface area contributed by atoms with E-state index < -0.39 is 11.8 Å². The molecule has 27 heavy (non-hydrogen) atoms. The molecule has 2 aromatic rings. The lowest BCUT2D eigenvalue weighted by atomic mass is 10.0. The number of anilines is 1. The summed E-state index contributed by atoms with van der Waals surface area (Å²) < 4.78 is 0. The normalized spacial score (nSPS) is 16.7. The van der Waals surface area contributed by atoms with Crippen molar-refractivity contribution >= 4 is 23.2 Å². The topological polar surface area (TPSA) is 85.6 Å². The lowest BCUT2D eigenvalue weighted by Crippen LogP contribution is -2.28. The first-order valence-corrected chi connectivity index (χ1v) is 8.48. The second-order valence-corrected chi connectivity index (χ2v) is 6.07. The Morgan fingerprint density at radius 3 is 2.44 bits per heavy atom. The van der Waals surface area contributed by atoms with Gasteiger partial charge in [-0.2, -0.15) is 15.4 Å². The van der Waals surface area contributed by atoms with Crippen LogP contribution in [0.25, 0.3) is 0 Å². The summed E-state index contributed by atoms with van der Waals surface area (Å²) in [6, 6.07) is 20.3. The number of hydrogen-bond donors (Lipinski definition) is 1. The Hall–Kier alpha value is -3.72. The van der Waals surface area contributed by atoms with Gasteiger partial charge in [0.05, 0.1) is 17.3 Å². The van der Waals surface area contributed by atoms with Gasteiger partial charge in [-0.1, -0.05) is 48.5 Å². The minimum atomic E-state index is -0.734. The van der Waals surface area contributed by atoms with Crippen molar-refractivity contribution in [3.8, 4) is 6.07 Å². The molecule has 134 valence electrons. The molecule has 3 rings (SSSR count). The summed E-state index contributed by atoms with van der Waals surface area (Å²) in [6.45, 7) is 2.01. The smallest absolute Gasteiger partial charge is 0.261 e. The van der Waals surface area contributed by atoms with E-state index in [1.165, 1.54) is 11.1 Å². The fourth-order valence-corrected chi connectivity index (χ4v) is 2.73. The second kappa shape index (κ2) is 8.11. The summed E-state index contributed by atoms with van der Waals surface area (Å²) in [7, 11) is 0. The highest BCUT2D eigenvalue weighted by Gasteiger charge is 2.33. The number of nitrogens with one attached hydrogen (secondary N) is 1. The molecule has 0 bridgehead atoms. The van der Waals surface area contributed by atoms with Gasteiger partial charge in [-0.15, -0.1) is 0 Å². The monoisotopic (exact) mass is 358 g/mol. The van der Waals surface area contributed by atoms with Crippen LogP contribution in [-0.4, -0.2) is 17.5 Å². The van der Waals surface area contributed by atoms with Crippen LogP contribution in [0, 0.1) is 17.2 Å². The number of nitrogens with zero attached hydrogens (tertiary/aromatic N) is 3. The maximum Gasteiger partial charge on any atom is 0.261 e. The van der Waals surface area contributed by atoms with Crippen LogP contribution < -0.4 is 10.3 Å². The summed E-state index contributed by atoms with van der Waals surface area (Å²) in [5.74, 6) is -1.54. The van der Waals surface area contributed by atoms with Crippen molar-refractivity contribution in [1.82, 2.24) is 5.32 Å². The summed E-state index contributed by atoms with van der Waals surface area (Å²) in [5, 5.41) is 17.6. The Kier molecular flexibility index (Phi) is 5.43. The third kappa shape index (κ3) is 4.10. The molecule has 0 unspecified atom stereocenters. The third-order valence-electron chi connectivity index (χ3n) is 4.18. The highest BCUT2D eigenvalue weighted by atomic mass is 16.2. The lowest BCUT2D eigenvalue weighted by molar-refractivity contribution is -0.118. The Labute approximate surface area is 157 Å². The number of hydrazone groups is 1. The maximum absolute atomic E-state index is 12.7. The van der Waals surface area contributed by atoms with Crippen molar-refractivity contribution in [2.24, 2.45) is 11.0 Å². The number of benzene rings is 2. The van der Waals surface area contributed by atoms with E-state index in [0.717, 1.165) is 5.56 Å². The minimum Gasteiger partial charge on any atom is -0.347 e. The molecule has 1 aliphatic heterocycles. The molecule has 1 heterocycles. The standard InChI is InChI=1S/C21H18N4O2/c1-15-19(21(27)25(24-15)18-10-6-3-7-11-18)12-17(13-22)20(26)23-14-16-8-4-2-5-9-16/h2-12,19H,14H2,1H3,(H,23,26)/b17-12-/t19-/m1/s1. The van der Waals surface area contributed by atoms with Gasteiger partial charge >= 0.3 is 0 Å². The molecule has 1 aliphatic rings. The third-order valence-corrected chi connectivity index (χ3v) is 4.18. The zero-order valence-corrected chi connectivity index (χ0v) is 14.8. The number of para-hydroxylation sites is 1. The number of hydrogen-bond acceptors (Lipinski definition) is 4. The van der Waals surface area contributed by atoms with Crippen LogP contribution in [0.5, 0.6) is 0 Å². The van der Waals surface area contributed by atoms with Crippen molar-refractivity contribution < 1.29 is 9.59 Å². The van der Waals surface area contributed by atoms with Crippen molar-refractivity contribution in [3.63, 3.8) is 0 Å². The Balaban J connectivity index is 1.73. The van der Waals surface area contributed by atoms with Gasteiger partial charge in [0.15, 0.2) is 0 Å². The molecule has 1 N–H and O–H groups in total. The van der Waals surface area contributed by atoms with Gasteiger partial charge in [-0.25, -0.2) is 0 Å². The van der Waals surface area contributed by atoms with Crippen LogP contribution in [0.15, 0.2) is 77.4 Å². The van der Waals surface area contributed by atoms with Crippen molar-refractivity contribution in [1.29, 1.82) is 5.26 Å². The number of rotatable bonds is 5. The van der Waals surface area contributed by atoms with Crippen LogP contribution in [-0.2, 0) is 16.1 Å². The number of nitriles is 1. The van der Waals surface area contributed by atoms with E-state index in [-0.39, 0.29) is 11.5 Å². The Bertz CT molecular complexity index is 943. The fraction of sp³-hybridized carbons (Fsp3) is 0.143. The first-order valence-electron chi connectivity index (χ1n) is 8.48. The van der Waals surface area contributed by atoms with E-state index in [0.29, 0.717) is 17.9 Å². The largest absolute Gasteiger partial charge is 0.347 e. The SMILES string of the molecule is CC1=NN(c2ccccc2)C(=O)[C@@H]1/C=C(/C#N)C(=O)NCc1ccccc1. The van der Waals surface area contributed by atoms with Gasteiger partial charge in [0.2, 0.25) is 0 Å². The molecule has 6 heteroatoms. The van der Waals surface area contributed by atoms with E-state index in [1.807, 2.05) is 54.6 Å². The molecule has 6 nitrogen and oxygen atoms in total. The molecule has 0 fully saturated rings. The Morgan fingerprint density at radius 2 is 1.81 bits per heavy atom. The molecule has 0 radical (unpaired) electrons. The predicted molar refractivity (Wildman–Crippen MR) is 103 cm³/mol. The molecule has 0 saturated carbocycles. The molecule has 0 spiro atoms. The van der Waals surface area contributed by atoms with Gasteiger partial charge in [-0.05, 0) is 30.7 Å². The highest BCUT2D eigenvalue weighted by Crippen LogP contribution is 2.25. The summed E-state index contributed by atoms with van der Waals surface area (Å²) in [4.78, 5) is 25.0. The van der Waals surface area contributed by atoms with Crippen LogP contribution in [0.4, 0.5) is 5.69 Å². The molecule has 1 atom stereocenters. The molecular formula is C21H18N4O2. The van der Waals surface area contributed by atoms with E-state index >= 15 is 0 Å². The fourth-order valence-electron chi connectivity index (χ4n) is 2.73. The first-order chi connectivity index (χ1) is 13.1. The Morgan fingerprint density at radius 1 is 1.19 bits per heavy atom. The van der Waals surface area contributed by atoms with E-state index in [2.05, 4.69) is 10.4 Å². The van der Waals surface area contributed by atoms with Gasteiger partial charge in [0.1, 0.15) is 11.6 Å². The predicted octanol–water partition coefficient (Wildman–Crippen LogP) is 2.79. The number of amides is 2. The lowest BCUT2D eigenvalue weighted by Gasteiger charge is -2.12. The van der Waals surface area contributed by atoms with Gasteiger partial charge in [0.25, 0.3) is 11.8 Å². The average Bonchev–Trinajstić information content (AvgIpc) is 2.99. The molecular weight excluding hydrogens is 340 g/mol. The zero-order valence-electron chi connectivity index (χ0n) is 14.8. The van der Waals surface area contributed by atoms with Crippen molar-refractivity contribution in [2.45, 2.75) is 13.5 Å². The van der Waals surface area contributed by atoms with Crippen molar-refractivity contribution in [2.75, 3.05) is 5.01 Å². The van der Waals surface area contributed by atoms with Crippen molar-refractivity contribution in [3.05, 3.63) is 77.9 Å². The molecule has 0 saturated heterocycles. The minimum absolute atomic E-state index is 0.103. The van der Waals surface area contributed by atoms with E-state index in [9.17, 15) is 14.9 Å². The van der Waals surface area contributed by atoms with Gasteiger partial charge < -0.3 is 5.32 Å². The molecule has 0 aliphatic carbocycles. The second-order valence-electron chi connectivity index (χ2n) is 6.07. The van der Waals surface area contributed by atoms with Crippen LogP contribution in [0.3, 0.4) is 0 Å². The number of carbonyl (C=O) groups excluding carboxylic acids is 2. The summed E-state index contributed by atoms with van der Waals surface area (Å²) in [5.41, 5.74) is 2.00. The maximum atomic E-state index is 12.7.